The quantitative estimate of drug-likeness (QED) is 0.285. The molecule has 0 fully saturated rings. The highest BCUT2D eigenvalue weighted by atomic mass is 16.2. The van der Waals surface area contributed by atoms with Gasteiger partial charge in [-0.2, -0.15) is 0 Å². The van der Waals surface area contributed by atoms with Crippen LogP contribution in [0.2, 0.25) is 0 Å². The molecule has 0 spiro atoms. The number of aryl methyl sites for hydroxylation is 2. The van der Waals surface area contributed by atoms with Gasteiger partial charge < -0.3 is 15.5 Å². The Morgan fingerprint density at radius 2 is 1.49 bits per heavy atom. The number of anilines is 2. The van der Waals surface area contributed by atoms with Crippen LogP contribution in [0.25, 0.3) is 0 Å². The molecule has 2 amide bonds. The molecule has 5 rings (SSSR count). The molecule has 0 saturated carbocycles. The number of hydrogen-bond donors (Lipinski definition) is 2. The summed E-state index contributed by atoms with van der Waals surface area (Å²) >= 11 is 0. The van der Waals surface area contributed by atoms with Crippen LogP contribution in [0.3, 0.4) is 0 Å². The van der Waals surface area contributed by atoms with Gasteiger partial charge in [-0.3, -0.25) is 9.59 Å². The summed E-state index contributed by atoms with van der Waals surface area (Å²) in [6.45, 7) is 4.12. The molecule has 37 heavy (non-hydrogen) atoms. The monoisotopic (exact) mass is 489 g/mol. The van der Waals surface area contributed by atoms with Gasteiger partial charge in [-0.05, 0) is 74.7 Å². The van der Waals surface area contributed by atoms with Crippen LogP contribution in [0.5, 0.6) is 0 Å². The third kappa shape index (κ3) is 5.41. The molecule has 2 N–H and O–H groups in total. The molecular weight excluding hydrogens is 458 g/mol. The van der Waals surface area contributed by atoms with Gasteiger partial charge in [0.15, 0.2) is 0 Å². The molecule has 0 saturated heterocycles. The Labute approximate surface area is 218 Å². The molecule has 5 heteroatoms. The van der Waals surface area contributed by atoms with Gasteiger partial charge in [0.25, 0.3) is 11.8 Å². The molecule has 5 nitrogen and oxygen atoms in total. The molecule has 1 aliphatic heterocycles. The second kappa shape index (κ2) is 10.7. The number of benzene rings is 4. The third-order valence-corrected chi connectivity index (χ3v) is 6.93. The Morgan fingerprint density at radius 1 is 0.838 bits per heavy atom. The molecule has 186 valence electrons. The number of hydrogen-bond acceptors (Lipinski definition) is 3. The summed E-state index contributed by atoms with van der Waals surface area (Å²) in [6, 6.07) is 33.3. The molecule has 0 radical (unpaired) electrons. The van der Waals surface area contributed by atoms with E-state index in [2.05, 4.69) is 29.7 Å². The first kappa shape index (κ1) is 24.3. The van der Waals surface area contributed by atoms with E-state index in [0.717, 1.165) is 40.9 Å². The maximum Gasteiger partial charge on any atom is 0.256 e. The number of fused-ring (bicyclic) bond motifs is 1. The number of nitrogens with one attached hydrogen (secondary N) is 2. The van der Waals surface area contributed by atoms with E-state index in [1.807, 2.05) is 90.7 Å². The lowest BCUT2D eigenvalue weighted by molar-refractivity contribution is 0.0659. The van der Waals surface area contributed by atoms with Gasteiger partial charge in [0.05, 0.1) is 0 Å². The molecule has 1 aliphatic rings. The minimum absolute atomic E-state index is 0.0390. The fraction of sp³-hybridized carbons (Fsp3) is 0.188. The zero-order chi connectivity index (χ0) is 25.8. The molecule has 0 bridgehead atoms. The van der Waals surface area contributed by atoms with Crippen LogP contribution in [0.4, 0.5) is 11.4 Å². The smallest absolute Gasteiger partial charge is 0.256 e. The van der Waals surface area contributed by atoms with Crippen molar-refractivity contribution < 1.29 is 9.59 Å². The van der Waals surface area contributed by atoms with Gasteiger partial charge in [-0.25, -0.2) is 0 Å². The van der Waals surface area contributed by atoms with E-state index < -0.39 is 0 Å². The van der Waals surface area contributed by atoms with E-state index in [9.17, 15) is 9.59 Å². The molecule has 2 unspecified atom stereocenters. The van der Waals surface area contributed by atoms with Crippen molar-refractivity contribution in [1.82, 2.24) is 4.90 Å². The van der Waals surface area contributed by atoms with Crippen molar-refractivity contribution >= 4 is 23.2 Å². The van der Waals surface area contributed by atoms with Crippen LogP contribution in [-0.2, 0) is 6.42 Å². The first-order chi connectivity index (χ1) is 18.0. The van der Waals surface area contributed by atoms with Gasteiger partial charge in [0.2, 0.25) is 0 Å². The van der Waals surface area contributed by atoms with Crippen molar-refractivity contribution in [1.29, 1.82) is 0 Å². The van der Waals surface area contributed by atoms with Crippen LogP contribution in [0, 0.1) is 6.92 Å². The van der Waals surface area contributed by atoms with E-state index in [-0.39, 0.29) is 24.0 Å². The largest absolute Gasteiger partial charge is 0.361 e. The van der Waals surface area contributed by atoms with E-state index in [0.29, 0.717) is 5.56 Å². The predicted molar refractivity (Wildman–Crippen MR) is 149 cm³/mol. The summed E-state index contributed by atoms with van der Waals surface area (Å²) in [4.78, 5) is 28.1. The predicted octanol–water partition coefficient (Wildman–Crippen LogP) is 6.84. The molecular formula is C32H31N3O2. The molecule has 0 aromatic heterocycles. The summed E-state index contributed by atoms with van der Waals surface area (Å²) in [5.41, 5.74) is 6.30. The molecule has 2 atom stereocenters. The number of rotatable bonds is 8. The van der Waals surface area contributed by atoms with Crippen molar-refractivity contribution in [2.24, 2.45) is 0 Å². The lowest BCUT2D eigenvalue weighted by atomic mass is 10.0. The lowest BCUT2D eigenvalue weighted by Crippen LogP contribution is -2.39. The average Bonchev–Trinajstić information content (AvgIpc) is 3.21. The van der Waals surface area contributed by atoms with Crippen molar-refractivity contribution in [2.45, 2.75) is 38.9 Å². The molecule has 4 aromatic carbocycles. The Kier molecular flexibility index (Phi) is 7.04. The topological polar surface area (TPSA) is 61.4 Å². The Morgan fingerprint density at radius 3 is 2.22 bits per heavy atom. The Bertz CT molecular complexity index is 1380. The molecule has 4 aromatic rings. The van der Waals surface area contributed by atoms with Crippen LogP contribution < -0.4 is 10.6 Å². The Balaban J connectivity index is 1.31. The molecule has 0 aliphatic carbocycles. The van der Waals surface area contributed by atoms with Crippen molar-refractivity contribution in [3.05, 3.63) is 131 Å². The fourth-order valence-electron chi connectivity index (χ4n) is 4.81. The number of carbonyl (C=O) groups excluding carboxylic acids is 2. The first-order valence-corrected chi connectivity index (χ1v) is 12.7. The lowest BCUT2D eigenvalue weighted by Gasteiger charge is -2.32. The third-order valence-electron chi connectivity index (χ3n) is 6.93. The van der Waals surface area contributed by atoms with E-state index in [1.165, 1.54) is 5.56 Å². The summed E-state index contributed by atoms with van der Waals surface area (Å²) in [5.74, 6) is -0.115. The summed E-state index contributed by atoms with van der Waals surface area (Å²) in [5, 5.41) is 6.49. The zero-order valence-electron chi connectivity index (χ0n) is 21.1. The first-order valence-electron chi connectivity index (χ1n) is 12.7. The Hall–Kier alpha value is -4.38. The highest BCUT2D eigenvalue weighted by Crippen LogP contribution is 2.36. The SMILES string of the molecule is Cc1ccc(NC(=O)c2ccc(NC3c4ccccc4C(=O)N3C(C)CCc3ccccc3)cc2)cc1. The van der Waals surface area contributed by atoms with Crippen LogP contribution in [-0.4, -0.2) is 22.8 Å². The van der Waals surface area contributed by atoms with Gasteiger partial charge in [0, 0.05) is 34.1 Å². The maximum absolute atomic E-state index is 13.4. The molecule has 1 heterocycles. The van der Waals surface area contributed by atoms with Gasteiger partial charge in [-0.15, -0.1) is 0 Å². The van der Waals surface area contributed by atoms with Crippen molar-refractivity contribution in [3.8, 4) is 0 Å². The number of carbonyl (C=O) groups is 2. The van der Waals surface area contributed by atoms with Crippen LogP contribution in [0.15, 0.2) is 103 Å². The van der Waals surface area contributed by atoms with E-state index in [4.69, 9.17) is 0 Å². The maximum atomic E-state index is 13.4. The van der Waals surface area contributed by atoms with Gasteiger partial charge in [0.1, 0.15) is 6.17 Å². The average molecular weight is 490 g/mol. The summed E-state index contributed by atoms with van der Waals surface area (Å²) in [6.07, 6.45) is 1.49. The summed E-state index contributed by atoms with van der Waals surface area (Å²) in [7, 11) is 0. The summed E-state index contributed by atoms with van der Waals surface area (Å²) < 4.78 is 0. The van der Waals surface area contributed by atoms with Gasteiger partial charge >= 0.3 is 0 Å². The van der Waals surface area contributed by atoms with E-state index in [1.54, 1.807) is 12.1 Å². The highest BCUT2D eigenvalue weighted by molar-refractivity contribution is 6.04. The number of amides is 2. The zero-order valence-corrected chi connectivity index (χ0v) is 21.1. The van der Waals surface area contributed by atoms with E-state index >= 15 is 0 Å². The van der Waals surface area contributed by atoms with Crippen molar-refractivity contribution in [3.63, 3.8) is 0 Å². The van der Waals surface area contributed by atoms with Crippen LogP contribution >= 0.6 is 0 Å². The highest BCUT2D eigenvalue weighted by Gasteiger charge is 2.39. The number of nitrogens with zero attached hydrogens (tertiary/aromatic N) is 1. The minimum Gasteiger partial charge on any atom is -0.361 e. The standard InChI is InChI=1S/C32H31N3O2/c1-22-12-18-27(19-13-22)34-31(36)25-16-20-26(21-17-25)33-30-28-10-6-7-11-29(28)32(37)35(30)23(2)14-15-24-8-4-3-5-9-24/h3-13,16-21,23,30,33H,14-15H2,1-2H3,(H,34,36). The minimum atomic E-state index is -0.276. The van der Waals surface area contributed by atoms with Crippen molar-refractivity contribution in [2.75, 3.05) is 10.6 Å². The van der Waals surface area contributed by atoms with Crippen LogP contribution in [0.1, 0.15) is 56.9 Å². The fourth-order valence-corrected chi connectivity index (χ4v) is 4.81. The normalized spacial score (nSPS) is 15.2. The second-order valence-electron chi connectivity index (χ2n) is 9.62. The van der Waals surface area contributed by atoms with Gasteiger partial charge in [-0.1, -0.05) is 66.2 Å². The second-order valence-corrected chi connectivity index (χ2v) is 9.62.